The van der Waals surface area contributed by atoms with Crippen LogP contribution in [0.15, 0.2) is 42.5 Å². The smallest absolute Gasteiger partial charge is 0.233 e. The molecule has 5 nitrogen and oxygen atoms in total. The molecule has 1 fully saturated rings. The Bertz CT molecular complexity index is 642. The van der Waals surface area contributed by atoms with Gasteiger partial charge in [0.15, 0.2) is 0 Å². The van der Waals surface area contributed by atoms with Gasteiger partial charge in [-0.1, -0.05) is 42.5 Å². The Morgan fingerprint density at radius 2 is 1.71 bits per heavy atom. The van der Waals surface area contributed by atoms with E-state index in [0.717, 1.165) is 5.56 Å². The summed E-state index contributed by atoms with van der Waals surface area (Å²) in [7, 11) is 0. The molecule has 1 N–H and O–H groups in total. The minimum absolute atomic E-state index is 0.101. The molecule has 1 aliphatic carbocycles. The quantitative estimate of drug-likeness (QED) is 0.666. The summed E-state index contributed by atoms with van der Waals surface area (Å²) in [5.74, 6) is -0.862. The topological polar surface area (TPSA) is 66.5 Å². The minimum Gasteiger partial charge on any atom is -0.350 e. The lowest BCUT2D eigenvalue weighted by Gasteiger charge is -2.17. The zero-order valence-electron chi connectivity index (χ0n) is 13.8. The molecule has 24 heavy (non-hydrogen) atoms. The van der Waals surface area contributed by atoms with Crippen molar-refractivity contribution in [3.8, 4) is 0 Å². The Morgan fingerprint density at radius 3 is 2.29 bits per heavy atom. The summed E-state index contributed by atoms with van der Waals surface area (Å²) in [4.78, 5) is 38.1. The van der Waals surface area contributed by atoms with E-state index in [1.807, 2.05) is 49.4 Å². The number of imide groups is 1. The van der Waals surface area contributed by atoms with Crippen LogP contribution in [0.4, 0.5) is 0 Å². The first-order chi connectivity index (χ1) is 11.6. The highest BCUT2D eigenvalue weighted by molar-refractivity contribution is 6.05. The standard InChI is InChI=1S/C19H22N2O3/c1-13(14-7-3-2-4-8-14)20-17(22)11-12-21-18(23)15-9-5-6-10-16(15)19(21)24/h2-8,13,15-16H,9-12H2,1H3,(H,20,22). The molecule has 0 saturated carbocycles. The third-order valence-electron chi connectivity index (χ3n) is 4.84. The van der Waals surface area contributed by atoms with E-state index in [2.05, 4.69) is 5.32 Å². The molecule has 3 atom stereocenters. The van der Waals surface area contributed by atoms with Crippen LogP contribution < -0.4 is 5.32 Å². The Balaban J connectivity index is 1.53. The van der Waals surface area contributed by atoms with Crippen LogP contribution in [0, 0.1) is 11.8 Å². The van der Waals surface area contributed by atoms with E-state index >= 15 is 0 Å². The van der Waals surface area contributed by atoms with Crippen LogP contribution in [0.25, 0.3) is 0 Å². The van der Waals surface area contributed by atoms with Crippen LogP contribution in [0.5, 0.6) is 0 Å². The molecule has 3 rings (SSSR count). The van der Waals surface area contributed by atoms with Crippen molar-refractivity contribution in [3.63, 3.8) is 0 Å². The van der Waals surface area contributed by atoms with Gasteiger partial charge in [0, 0.05) is 13.0 Å². The van der Waals surface area contributed by atoms with Crippen LogP contribution in [0.3, 0.4) is 0 Å². The first-order valence-corrected chi connectivity index (χ1v) is 8.42. The number of nitrogens with one attached hydrogen (secondary N) is 1. The lowest BCUT2D eigenvalue weighted by Crippen LogP contribution is -2.36. The van der Waals surface area contributed by atoms with E-state index in [-0.39, 0.29) is 48.6 Å². The highest BCUT2D eigenvalue weighted by Gasteiger charge is 2.46. The van der Waals surface area contributed by atoms with E-state index in [1.165, 1.54) is 4.90 Å². The molecule has 0 spiro atoms. The van der Waals surface area contributed by atoms with Crippen molar-refractivity contribution in [2.75, 3.05) is 6.54 Å². The average Bonchev–Trinajstić information content (AvgIpc) is 2.85. The molecule has 1 saturated heterocycles. The number of allylic oxidation sites excluding steroid dienone is 2. The van der Waals surface area contributed by atoms with Crippen LogP contribution in [0.2, 0.25) is 0 Å². The normalized spacial score (nSPS) is 24.0. The summed E-state index contributed by atoms with van der Waals surface area (Å²) < 4.78 is 0. The number of rotatable bonds is 5. The predicted octanol–water partition coefficient (Wildman–Crippen LogP) is 2.21. The van der Waals surface area contributed by atoms with Gasteiger partial charge in [0.05, 0.1) is 17.9 Å². The van der Waals surface area contributed by atoms with E-state index in [9.17, 15) is 14.4 Å². The Labute approximate surface area is 141 Å². The second-order valence-corrected chi connectivity index (χ2v) is 6.43. The van der Waals surface area contributed by atoms with Crippen molar-refractivity contribution in [2.45, 2.75) is 32.2 Å². The lowest BCUT2D eigenvalue weighted by atomic mass is 9.85. The monoisotopic (exact) mass is 326 g/mol. The number of fused-ring (bicyclic) bond motifs is 1. The summed E-state index contributed by atoms with van der Waals surface area (Å²) in [5, 5.41) is 2.91. The molecule has 5 heteroatoms. The van der Waals surface area contributed by atoms with Gasteiger partial charge in [0.1, 0.15) is 0 Å². The van der Waals surface area contributed by atoms with Crippen molar-refractivity contribution < 1.29 is 14.4 Å². The second kappa shape index (κ2) is 6.99. The van der Waals surface area contributed by atoms with Crippen LogP contribution in [-0.4, -0.2) is 29.2 Å². The summed E-state index contributed by atoms with van der Waals surface area (Å²) in [5.41, 5.74) is 1.02. The maximum Gasteiger partial charge on any atom is 0.233 e. The summed E-state index contributed by atoms with van der Waals surface area (Å²) in [6.07, 6.45) is 5.32. The zero-order chi connectivity index (χ0) is 17.1. The first kappa shape index (κ1) is 16.4. The molecular formula is C19H22N2O3. The van der Waals surface area contributed by atoms with Gasteiger partial charge in [0.2, 0.25) is 17.7 Å². The molecule has 2 aliphatic rings. The first-order valence-electron chi connectivity index (χ1n) is 8.42. The maximum atomic E-state index is 12.3. The van der Waals surface area contributed by atoms with E-state index < -0.39 is 0 Å². The van der Waals surface area contributed by atoms with Gasteiger partial charge in [0.25, 0.3) is 0 Å². The van der Waals surface area contributed by atoms with Gasteiger partial charge in [-0.15, -0.1) is 0 Å². The molecule has 3 unspecified atom stereocenters. The van der Waals surface area contributed by atoms with E-state index in [1.54, 1.807) is 0 Å². The van der Waals surface area contributed by atoms with Crippen molar-refractivity contribution in [3.05, 3.63) is 48.0 Å². The van der Waals surface area contributed by atoms with Crippen LogP contribution >= 0.6 is 0 Å². The molecule has 3 amide bonds. The van der Waals surface area contributed by atoms with Gasteiger partial charge in [-0.2, -0.15) is 0 Å². The summed E-state index contributed by atoms with van der Waals surface area (Å²) >= 11 is 0. The van der Waals surface area contributed by atoms with Crippen molar-refractivity contribution >= 4 is 17.7 Å². The van der Waals surface area contributed by atoms with Gasteiger partial charge in [-0.05, 0) is 25.3 Å². The fourth-order valence-electron chi connectivity index (χ4n) is 3.44. The number of nitrogens with zero attached hydrogens (tertiary/aromatic N) is 1. The third kappa shape index (κ3) is 3.25. The zero-order valence-corrected chi connectivity index (χ0v) is 13.8. The highest BCUT2D eigenvalue weighted by atomic mass is 16.2. The maximum absolute atomic E-state index is 12.3. The molecule has 1 aromatic rings. The number of benzene rings is 1. The number of carbonyl (C=O) groups is 3. The second-order valence-electron chi connectivity index (χ2n) is 6.43. The number of hydrogen-bond donors (Lipinski definition) is 1. The molecular weight excluding hydrogens is 304 g/mol. The van der Waals surface area contributed by atoms with Crippen LogP contribution in [0.1, 0.15) is 37.8 Å². The summed E-state index contributed by atoms with van der Waals surface area (Å²) in [6.45, 7) is 2.08. The SMILES string of the molecule is CC(NC(=O)CCN1C(=O)C2CC=CCC2C1=O)c1ccccc1. The van der Waals surface area contributed by atoms with Gasteiger partial charge < -0.3 is 5.32 Å². The number of amides is 3. The Hall–Kier alpha value is -2.43. The third-order valence-corrected chi connectivity index (χ3v) is 4.84. The Morgan fingerprint density at radius 1 is 1.12 bits per heavy atom. The fourth-order valence-corrected chi connectivity index (χ4v) is 3.44. The largest absolute Gasteiger partial charge is 0.350 e. The molecule has 1 heterocycles. The minimum atomic E-state index is -0.228. The molecule has 1 aliphatic heterocycles. The molecule has 1 aromatic carbocycles. The number of carbonyl (C=O) groups excluding carboxylic acids is 3. The Kier molecular flexibility index (Phi) is 4.79. The molecule has 0 radical (unpaired) electrons. The summed E-state index contributed by atoms with van der Waals surface area (Å²) in [6, 6.07) is 9.59. The van der Waals surface area contributed by atoms with E-state index in [0.29, 0.717) is 12.8 Å². The number of hydrogen-bond acceptors (Lipinski definition) is 3. The van der Waals surface area contributed by atoms with Gasteiger partial charge in [-0.3, -0.25) is 19.3 Å². The average molecular weight is 326 g/mol. The van der Waals surface area contributed by atoms with Crippen LogP contribution in [-0.2, 0) is 14.4 Å². The van der Waals surface area contributed by atoms with Crippen molar-refractivity contribution in [1.82, 2.24) is 10.2 Å². The van der Waals surface area contributed by atoms with E-state index in [4.69, 9.17) is 0 Å². The lowest BCUT2D eigenvalue weighted by molar-refractivity contribution is -0.140. The fraction of sp³-hybridized carbons (Fsp3) is 0.421. The van der Waals surface area contributed by atoms with Crippen molar-refractivity contribution in [1.29, 1.82) is 0 Å². The highest BCUT2D eigenvalue weighted by Crippen LogP contribution is 2.34. The number of likely N-dealkylation sites (tertiary alicyclic amines) is 1. The van der Waals surface area contributed by atoms with Gasteiger partial charge in [-0.25, -0.2) is 0 Å². The predicted molar refractivity (Wildman–Crippen MR) is 89.7 cm³/mol. The van der Waals surface area contributed by atoms with Gasteiger partial charge >= 0.3 is 0 Å². The van der Waals surface area contributed by atoms with Crippen molar-refractivity contribution in [2.24, 2.45) is 11.8 Å². The molecule has 0 aromatic heterocycles. The molecule has 126 valence electrons. The molecule has 0 bridgehead atoms.